The number of nitrogens with two attached hydrogens (primary N) is 1. The van der Waals surface area contributed by atoms with Gasteiger partial charge < -0.3 is 10.5 Å². The summed E-state index contributed by atoms with van der Waals surface area (Å²) in [6.45, 7) is 0. The molecular weight excluding hydrogens is 226 g/mol. The fourth-order valence-corrected chi connectivity index (χ4v) is 1.77. The summed E-state index contributed by atoms with van der Waals surface area (Å²) in [5.74, 6) is 0.643. The molecule has 4 nitrogen and oxygen atoms in total. The van der Waals surface area contributed by atoms with E-state index < -0.39 is 0 Å². The Kier molecular flexibility index (Phi) is 3.12. The second kappa shape index (κ2) is 4.55. The molecule has 1 aromatic carbocycles. The van der Waals surface area contributed by atoms with Crippen molar-refractivity contribution in [3.63, 3.8) is 0 Å². The molecule has 0 aliphatic carbocycles. The van der Waals surface area contributed by atoms with Gasteiger partial charge in [0.05, 0.1) is 24.4 Å². The number of hydrogen-bond donors (Lipinski definition) is 2. The molecular formula is C11H12ClN3O. The molecule has 3 N–H and O–H groups in total. The van der Waals surface area contributed by atoms with Crippen LogP contribution in [0, 0.1) is 0 Å². The van der Waals surface area contributed by atoms with E-state index in [1.165, 1.54) is 0 Å². The molecule has 0 radical (unpaired) electrons. The highest BCUT2D eigenvalue weighted by atomic mass is 35.5. The van der Waals surface area contributed by atoms with Crippen LogP contribution in [-0.4, -0.2) is 17.3 Å². The zero-order chi connectivity index (χ0) is 11.5. The predicted octanol–water partition coefficient (Wildman–Crippen LogP) is 2.12. The Labute approximate surface area is 98.4 Å². The van der Waals surface area contributed by atoms with E-state index in [4.69, 9.17) is 22.1 Å². The van der Waals surface area contributed by atoms with E-state index in [2.05, 4.69) is 10.2 Å². The molecule has 0 bridgehead atoms. The molecule has 1 aromatic heterocycles. The monoisotopic (exact) mass is 237 g/mol. The summed E-state index contributed by atoms with van der Waals surface area (Å²) in [5, 5.41) is 7.15. The van der Waals surface area contributed by atoms with Gasteiger partial charge >= 0.3 is 0 Å². The molecule has 84 valence electrons. The molecule has 16 heavy (non-hydrogen) atoms. The Morgan fingerprint density at radius 2 is 2.25 bits per heavy atom. The average Bonchev–Trinajstić information content (AvgIpc) is 2.81. The van der Waals surface area contributed by atoms with Gasteiger partial charge in [0.2, 0.25) is 0 Å². The summed E-state index contributed by atoms with van der Waals surface area (Å²) in [6, 6.07) is 5.26. The van der Waals surface area contributed by atoms with Crippen molar-refractivity contribution in [3.8, 4) is 5.75 Å². The lowest BCUT2D eigenvalue weighted by Gasteiger charge is -2.11. The molecule has 5 heteroatoms. The van der Waals surface area contributed by atoms with E-state index in [0.29, 0.717) is 10.8 Å². The first-order valence-electron chi connectivity index (χ1n) is 4.80. The van der Waals surface area contributed by atoms with E-state index in [9.17, 15) is 0 Å². The number of halogens is 1. The normalized spacial score (nSPS) is 12.4. The summed E-state index contributed by atoms with van der Waals surface area (Å²) in [5.41, 5.74) is 7.90. The Morgan fingerprint density at radius 3 is 2.81 bits per heavy atom. The third-order valence-corrected chi connectivity index (χ3v) is 2.71. The molecule has 0 saturated carbocycles. The highest BCUT2D eigenvalue weighted by molar-refractivity contribution is 6.32. The number of nitrogens with one attached hydrogen (secondary N) is 1. The number of aromatic nitrogens is 2. The number of hydrogen-bond acceptors (Lipinski definition) is 3. The van der Waals surface area contributed by atoms with E-state index in [1.807, 2.05) is 6.07 Å². The number of aromatic amines is 1. The van der Waals surface area contributed by atoms with E-state index >= 15 is 0 Å². The number of benzene rings is 1. The third kappa shape index (κ3) is 2.03. The van der Waals surface area contributed by atoms with Gasteiger partial charge in [0.25, 0.3) is 0 Å². The second-order valence-electron chi connectivity index (χ2n) is 3.40. The van der Waals surface area contributed by atoms with E-state index in [-0.39, 0.29) is 6.04 Å². The first kappa shape index (κ1) is 11.0. The molecule has 0 fully saturated rings. The molecule has 0 amide bonds. The van der Waals surface area contributed by atoms with Crippen molar-refractivity contribution in [1.29, 1.82) is 0 Å². The lowest BCUT2D eigenvalue weighted by Crippen LogP contribution is -2.10. The van der Waals surface area contributed by atoms with Gasteiger partial charge in [0, 0.05) is 11.8 Å². The van der Waals surface area contributed by atoms with Gasteiger partial charge in [-0.05, 0) is 17.7 Å². The van der Waals surface area contributed by atoms with Crippen LogP contribution in [0.4, 0.5) is 0 Å². The fraction of sp³-hybridized carbons (Fsp3) is 0.182. The number of methoxy groups -OCH3 is 1. The van der Waals surface area contributed by atoms with Gasteiger partial charge in [0.15, 0.2) is 0 Å². The van der Waals surface area contributed by atoms with Gasteiger partial charge in [-0.3, -0.25) is 5.10 Å². The molecule has 0 aliphatic heterocycles. The summed E-state index contributed by atoms with van der Waals surface area (Å²) < 4.78 is 5.08. The van der Waals surface area contributed by atoms with Crippen molar-refractivity contribution in [2.24, 2.45) is 5.73 Å². The summed E-state index contributed by atoms with van der Waals surface area (Å²) >= 11 is 6.03. The van der Waals surface area contributed by atoms with Crippen molar-refractivity contribution in [3.05, 3.63) is 46.7 Å². The number of nitrogens with zero attached hydrogens (tertiary/aromatic N) is 1. The predicted molar refractivity (Wildman–Crippen MR) is 62.6 cm³/mol. The molecule has 1 atom stereocenters. The van der Waals surface area contributed by atoms with Gasteiger partial charge in [-0.15, -0.1) is 0 Å². The summed E-state index contributed by atoms with van der Waals surface area (Å²) in [4.78, 5) is 0. The molecule has 2 aromatic rings. The van der Waals surface area contributed by atoms with Crippen LogP contribution in [0.15, 0.2) is 30.6 Å². The maximum absolute atomic E-state index is 6.06. The van der Waals surface area contributed by atoms with Crippen molar-refractivity contribution < 1.29 is 4.74 Å². The molecule has 0 spiro atoms. The Bertz CT molecular complexity index is 470. The van der Waals surface area contributed by atoms with Gasteiger partial charge in [0.1, 0.15) is 5.75 Å². The van der Waals surface area contributed by atoms with Crippen molar-refractivity contribution in [1.82, 2.24) is 10.2 Å². The van der Waals surface area contributed by atoms with E-state index in [1.54, 1.807) is 31.6 Å². The van der Waals surface area contributed by atoms with Crippen LogP contribution in [0.3, 0.4) is 0 Å². The van der Waals surface area contributed by atoms with E-state index in [0.717, 1.165) is 11.1 Å². The van der Waals surface area contributed by atoms with Crippen molar-refractivity contribution in [2.75, 3.05) is 7.11 Å². The summed E-state index contributed by atoms with van der Waals surface area (Å²) in [6.07, 6.45) is 3.46. The zero-order valence-electron chi connectivity index (χ0n) is 8.77. The highest BCUT2D eigenvalue weighted by Gasteiger charge is 2.11. The topological polar surface area (TPSA) is 63.9 Å². The van der Waals surface area contributed by atoms with Crippen LogP contribution in [0.5, 0.6) is 5.75 Å². The maximum atomic E-state index is 6.06. The standard InChI is InChI=1S/C11H12ClN3O/c1-16-10-3-2-7(4-9(10)12)11(13)8-5-14-15-6-8/h2-6,11H,13H2,1H3,(H,14,15). The molecule has 1 unspecified atom stereocenters. The smallest absolute Gasteiger partial charge is 0.137 e. The van der Waals surface area contributed by atoms with Gasteiger partial charge in [-0.1, -0.05) is 17.7 Å². The molecule has 0 aliphatic rings. The minimum Gasteiger partial charge on any atom is -0.495 e. The van der Waals surface area contributed by atoms with Crippen LogP contribution in [0.1, 0.15) is 17.2 Å². The SMILES string of the molecule is COc1ccc(C(N)c2cn[nH]c2)cc1Cl. The van der Waals surface area contributed by atoms with Crippen molar-refractivity contribution >= 4 is 11.6 Å². The fourth-order valence-electron chi connectivity index (χ4n) is 1.50. The van der Waals surface area contributed by atoms with Crippen LogP contribution in [0.2, 0.25) is 5.02 Å². The maximum Gasteiger partial charge on any atom is 0.137 e. The number of ether oxygens (including phenoxy) is 1. The minimum absolute atomic E-state index is 0.234. The minimum atomic E-state index is -0.234. The molecule has 1 heterocycles. The molecule has 2 rings (SSSR count). The Balaban J connectivity index is 2.31. The first-order chi connectivity index (χ1) is 7.72. The first-order valence-corrected chi connectivity index (χ1v) is 5.18. The lowest BCUT2D eigenvalue weighted by atomic mass is 10.0. The number of H-pyrrole nitrogens is 1. The van der Waals surface area contributed by atoms with Gasteiger partial charge in [-0.25, -0.2) is 0 Å². The van der Waals surface area contributed by atoms with Gasteiger partial charge in [-0.2, -0.15) is 5.10 Å². The average molecular weight is 238 g/mol. The highest BCUT2D eigenvalue weighted by Crippen LogP contribution is 2.28. The van der Waals surface area contributed by atoms with Crippen LogP contribution in [0.25, 0.3) is 0 Å². The quantitative estimate of drug-likeness (QED) is 0.860. The third-order valence-electron chi connectivity index (χ3n) is 2.41. The number of rotatable bonds is 3. The zero-order valence-corrected chi connectivity index (χ0v) is 9.53. The summed E-state index contributed by atoms with van der Waals surface area (Å²) in [7, 11) is 1.58. The Morgan fingerprint density at radius 1 is 1.44 bits per heavy atom. The lowest BCUT2D eigenvalue weighted by molar-refractivity contribution is 0.415. The van der Waals surface area contributed by atoms with Crippen molar-refractivity contribution in [2.45, 2.75) is 6.04 Å². The molecule has 0 saturated heterocycles. The Hall–Kier alpha value is -1.52. The second-order valence-corrected chi connectivity index (χ2v) is 3.81. The van der Waals surface area contributed by atoms with Crippen LogP contribution >= 0.6 is 11.6 Å². The van der Waals surface area contributed by atoms with Crippen LogP contribution < -0.4 is 10.5 Å². The largest absolute Gasteiger partial charge is 0.495 e. The van der Waals surface area contributed by atoms with Crippen LogP contribution in [-0.2, 0) is 0 Å².